The van der Waals surface area contributed by atoms with Gasteiger partial charge in [0.25, 0.3) is 5.91 Å². The van der Waals surface area contributed by atoms with Gasteiger partial charge in [-0.05, 0) is 36.8 Å². The van der Waals surface area contributed by atoms with Crippen LogP contribution in [0.5, 0.6) is 11.5 Å². The molecule has 3 aromatic rings. The standard InChI is InChI=1S/C19H17NO5/c21-14(17-9-12-3-1-2-4-15(12)25-17)7-8-20-19(22)13-5-6-16-18(10-13)24-11-23-16/h1-6,9-10,14,21H,7-8,11H2,(H,20,22)/t14-/m0/s1. The molecule has 6 heteroatoms. The first-order valence-corrected chi connectivity index (χ1v) is 8.05. The van der Waals surface area contributed by atoms with E-state index in [1.54, 1.807) is 18.2 Å². The van der Waals surface area contributed by atoms with E-state index in [1.165, 1.54) is 0 Å². The minimum atomic E-state index is -0.774. The van der Waals surface area contributed by atoms with Crippen LogP contribution in [0.15, 0.2) is 52.9 Å². The molecule has 0 bridgehead atoms. The first kappa shape index (κ1) is 15.5. The lowest BCUT2D eigenvalue weighted by atomic mass is 10.1. The molecule has 0 spiro atoms. The molecule has 0 fully saturated rings. The van der Waals surface area contributed by atoms with Gasteiger partial charge < -0.3 is 24.3 Å². The summed E-state index contributed by atoms with van der Waals surface area (Å²) in [6.07, 6.45) is -0.416. The number of amides is 1. The van der Waals surface area contributed by atoms with Crippen molar-refractivity contribution in [3.63, 3.8) is 0 Å². The molecule has 1 aliphatic rings. The van der Waals surface area contributed by atoms with Crippen LogP contribution in [0, 0.1) is 0 Å². The van der Waals surface area contributed by atoms with Crippen LogP contribution in [-0.4, -0.2) is 24.4 Å². The Labute approximate surface area is 144 Å². The summed E-state index contributed by atoms with van der Waals surface area (Å²) in [7, 11) is 0. The highest BCUT2D eigenvalue weighted by Crippen LogP contribution is 2.32. The SMILES string of the molecule is O=C(NCC[C@H](O)c1cc2ccccc2o1)c1ccc2c(c1)OCO2. The lowest BCUT2D eigenvalue weighted by Crippen LogP contribution is -2.25. The number of aliphatic hydroxyl groups excluding tert-OH is 1. The van der Waals surface area contributed by atoms with Gasteiger partial charge in [-0.2, -0.15) is 0 Å². The zero-order chi connectivity index (χ0) is 17.2. The van der Waals surface area contributed by atoms with Gasteiger partial charge in [0, 0.05) is 17.5 Å². The largest absolute Gasteiger partial charge is 0.458 e. The quantitative estimate of drug-likeness (QED) is 0.747. The molecule has 6 nitrogen and oxygen atoms in total. The zero-order valence-corrected chi connectivity index (χ0v) is 13.4. The molecule has 1 aliphatic heterocycles. The van der Waals surface area contributed by atoms with Gasteiger partial charge in [-0.1, -0.05) is 18.2 Å². The Hall–Kier alpha value is -2.99. The molecule has 128 valence electrons. The van der Waals surface area contributed by atoms with Crippen molar-refractivity contribution in [2.75, 3.05) is 13.3 Å². The molecule has 0 radical (unpaired) electrons. The van der Waals surface area contributed by atoms with Crippen molar-refractivity contribution in [1.29, 1.82) is 0 Å². The molecule has 1 amide bonds. The highest BCUT2D eigenvalue weighted by atomic mass is 16.7. The van der Waals surface area contributed by atoms with E-state index in [-0.39, 0.29) is 12.7 Å². The monoisotopic (exact) mass is 339 g/mol. The van der Waals surface area contributed by atoms with E-state index in [4.69, 9.17) is 13.9 Å². The Kier molecular flexibility index (Phi) is 4.03. The number of hydrogen-bond acceptors (Lipinski definition) is 5. The topological polar surface area (TPSA) is 80.9 Å². The first-order valence-electron chi connectivity index (χ1n) is 8.05. The van der Waals surface area contributed by atoms with E-state index >= 15 is 0 Å². The number of para-hydroxylation sites is 1. The second kappa shape index (κ2) is 6.49. The van der Waals surface area contributed by atoms with E-state index in [1.807, 2.05) is 30.3 Å². The van der Waals surface area contributed by atoms with Gasteiger partial charge in [0.05, 0.1) is 0 Å². The summed E-state index contributed by atoms with van der Waals surface area (Å²) in [6, 6.07) is 14.4. The van der Waals surface area contributed by atoms with Crippen LogP contribution in [0.4, 0.5) is 0 Å². The number of hydrogen-bond donors (Lipinski definition) is 2. The third kappa shape index (κ3) is 3.16. The maximum absolute atomic E-state index is 12.2. The Morgan fingerprint density at radius 1 is 1.12 bits per heavy atom. The molecule has 25 heavy (non-hydrogen) atoms. The summed E-state index contributed by atoms with van der Waals surface area (Å²) in [5.74, 6) is 1.47. The lowest BCUT2D eigenvalue weighted by molar-refractivity contribution is 0.0936. The van der Waals surface area contributed by atoms with Gasteiger partial charge >= 0.3 is 0 Å². The molecular formula is C19H17NO5. The van der Waals surface area contributed by atoms with Crippen molar-refractivity contribution in [1.82, 2.24) is 5.32 Å². The van der Waals surface area contributed by atoms with Gasteiger partial charge in [-0.25, -0.2) is 0 Å². The molecule has 4 rings (SSSR count). The van der Waals surface area contributed by atoms with Crippen LogP contribution in [-0.2, 0) is 0 Å². The predicted octanol–water partition coefficient (Wildman–Crippen LogP) is 3.02. The fourth-order valence-corrected chi connectivity index (χ4v) is 2.77. The van der Waals surface area contributed by atoms with Crippen molar-refractivity contribution in [3.8, 4) is 11.5 Å². The molecular weight excluding hydrogens is 322 g/mol. The second-order valence-corrected chi connectivity index (χ2v) is 5.82. The molecule has 1 atom stereocenters. The minimum absolute atomic E-state index is 0.171. The summed E-state index contributed by atoms with van der Waals surface area (Å²) in [4.78, 5) is 12.2. The Morgan fingerprint density at radius 3 is 2.84 bits per heavy atom. The highest BCUT2D eigenvalue weighted by Gasteiger charge is 2.17. The van der Waals surface area contributed by atoms with E-state index in [0.29, 0.717) is 35.8 Å². The number of carbonyl (C=O) groups excluding carboxylic acids is 1. The van der Waals surface area contributed by atoms with Gasteiger partial charge in [0.15, 0.2) is 11.5 Å². The smallest absolute Gasteiger partial charge is 0.251 e. The molecule has 0 aliphatic carbocycles. The van der Waals surface area contributed by atoms with Crippen LogP contribution in [0.2, 0.25) is 0 Å². The number of furan rings is 1. The second-order valence-electron chi connectivity index (χ2n) is 5.82. The van der Waals surface area contributed by atoms with E-state index in [0.717, 1.165) is 11.0 Å². The molecule has 2 heterocycles. The molecule has 1 aromatic heterocycles. The molecule has 0 saturated carbocycles. The van der Waals surface area contributed by atoms with Gasteiger partial charge in [-0.3, -0.25) is 4.79 Å². The van der Waals surface area contributed by atoms with Crippen LogP contribution >= 0.6 is 0 Å². The summed E-state index contributed by atoms with van der Waals surface area (Å²) >= 11 is 0. The average Bonchev–Trinajstić information content (AvgIpc) is 3.27. The summed E-state index contributed by atoms with van der Waals surface area (Å²) in [5.41, 5.74) is 1.23. The number of benzene rings is 2. The minimum Gasteiger partial charge on any atom is -0.458 e. The molecule has 0 unspecified atom stereocenters. The van der Waals surface area contributed by atoms with Crippen LogP contribution < -0.4 is 14.8 Å². The fourth-order valence-electron chi connectivity index (χ4n) is 2.77. The van der Waals surface area contributed by atoms with Crippen LogP contribution in [0.3, 0.4) is 0 Å². The Morgan fingerprint density at radius 2 is 1.96 bits per heavy atom. The molecule has 0 saturated heterocycles. The van der Waals surface area contributed by atoms with E-state index < -0.39 is 6.10 Å². The van der Waals surface area contributed by atoms with Gasteiger partial charge in [-0.15, -0.1) is 0 Å². The highest BCUT2D eigenvalue weighted by molar-refractivity contribution is 5.94. The predicted molar refractivity (Wildman–Crippen MR) is 90.7 cm³/mol. The van der Waals surface area contributed by atoms with E-state index in [9.17, 15) is 9.90 Å². The Balaban J connectivity index is 1.34. The maximum atomic E-state index is 12.2. The van der Waals surface area contributed by atoms with Crippen molar-refractivity contribution in [2.24, 2.45) is 0 Å². The number of ether oxygens (including phenoxy) is 2. The van der Waals surface area contributed by atoms with Gasteiger partial charge in [0.1, 0.15) is 17.4 Å². The zero-order valence-electron chi connectivity index (χ0n) is 13.4. The average molecular weight is 339 g/mol. The summed E-state index contributed by atoms with van der Waals surface area (Å²) < 4.78 is 16.1. The van der Waals surface area contributed by atoms with Crippen molar-refractivity contribution in [2.45, 2.75) is 12.5 Å². The number of nitrogens with one attached hydrogen (secondary N) is 1. The van der Waals surface area contributed by atoms with Crippen LogP contribution in [0.25, 0.3) is 11.0 Å². The fraction of sp³-hybridized carbons (Fsp3) is 0.211. The van der Waals surface area contributed by atoms with Crippen molar-refractivity contribution < 1.29 is 23.8 Å². The summed E-state index contributed by atoms with van der Waals surface area (Å²) in [5, 5.41) is 14.0. The third-order valence-electron chi connectivity index (χ3n) is 4.11. The molecule has 2 aromatic carbocycles. The van der Waals surface area contributed by atoms with Crippen molar-refractivity contribution in [3.05, 3.63) is 59.9 Å². The third-order valence-corrected chi connectivity index (χ3v) is 4.11. The van der Waals surface area contributed by atoms with Crippen LogP contribution in [0.1, 0.15) is 28.6 Å². The van der Waals surface area contributed by atoms with Crippen molar-refractivity contribution >= 4 is 16.9 Å². The number of aliphatic hydroxyl groups is 1. The number of carbonyl (C=O) groups is 1. The Bertz CT molecular complexity index is 884. The van der Waals surface area contributed by atoms with E-state index in [2.05, 4.69) is 5.32 Å². The first-order chi connectivity index (χ1) is 12.2. The number of rotatable bonds is 5. The molecule has 2 N–H and O–H groups in total. The summed E-state index contributed by atoms with van der Waals surface area (Å²) in [6.45, 7) is 0.496. The normalized spacial score (nSPS) is 13.8. The lowest BCUT2D eigenvalue weighted by Gasteiger charge is -2.09. The number of fused-ring (bicyclic) bond motifs is 2. The van der Waals surface area contributed by atoms with Gasteiger partial charge in [0.2, 0.25) is 6.79 Å². The maximum Gasteiger partial charge on any atom is 0.251 e.